The Kier molecular flexibility index (Phi) is 4.77. The summed E-state index contributed by atoms with van der Waals surface area (Å²) in [6.07, 6.45) is 3.43. The van der Waals surface area contributed by atoms with Crippen molar-refractivity contribution in [1.29, 1.82) is 0 Å². The minimum Gasteiger partial charge on any atom is -0.380 e. The van der Waals surface area contributed by atoms with Gasteiger partial charge in [-0.25, -0.2) is 0 Å². The standard InChI is InChI=1S/C22H19N3O2/c1-15-6-3-4-8-19(15)20-10-9-16(12-18(20)14-26-2)22-24-21(25-27-22)17-7-5-11-23-13-17/h3-13H,14H2,1-2H3. The number of rotatable bonds is 5. The van der Waals surface area contributed by atoms with Crippen LogP contribution in [0.2, 0.25) is 0 Å². The van der Waals surface area contributed by atoms with Crippen molar-refractivity contribution in [3.63, 3.8) is 0 Å². The molecule has 2 aromatic heterocycles. The molecule has 2 heterocycles. The van der Waals surface area contributed by atoms with Crippen LogP contribution >= 0.6 is 0 Å². The summed E-state index contributed by atoms with van der Waals surface area (Å²) in [5.41, 5.74) is 6.32. The number of aromatic nitrogens is 3. The van der Waals surface area contributed by atoms with Crippen LogP contribution in [-0.2, 0) is 11.3 Å². The molecule has 0 atom stereocenters. The molecule has 5 heteroatoms. The minimum absolute atomic E-state index is 0.475. The fourth-order valence-corrected chi connectivity index (χ4v) is 3.09. The van der Waals surface area contributed by atoms with Crippen LogP contribution in [0.3, 0.4) is 0 Å². The molecule has 0 fully saturated rings. The van der Waals surface area contributed by atoms with E-state index < -0.39 is 0 Å². The van der Waals surface area contributed by atoms with Gasteiger partial charge in [-0.1, -0.05) is 35.5 Å². The number of pyridine rings is 1. The lowest BCUT2D eigenvalue weighted by atomic mass is 9.94. The van der Waals surface area contributed by atoms with Crippen molar-refractivity contribution in [1.82, 2.24) is 15.1 Å². The molecule has 0 radical (unpaired) electrons. The summed E-state index contributed by atoms with van der Waals surface area (Å²) in [6.45, 7) is 2.61. The molecule has 4 aromatic rings. The molecule has 5 nitrogen and oxygen atoms in total. The highest BCUT2D eigenvalue weighted by Gasteiger charge is 2.14. The van der Waals surface area contributed by atoms with Crippen molar-refractivity contribution < 1.29 is 9.26 Å². The van der Waals surface area contributed by atoms with Crippen molar-refractivity contribution in [3.05, 3.63) is 78.1 Å². The van der Waals surface area contributed by atoms with Crippen LogP contribution in [-0.4, -0.2) is 22.2 Å². The summed E-state index contributed by atoms with van der Waals surface area (Å²) in [7, 11) is 1.70. The smallest absolute Gasteiger partial charge is 0.258 e. The predicted molar refractivity (Wildman–Crippen MR) is 104 cm³/mol. The highest BCUT2D eigenvalue weighted by atomic mass is 16.5. The monoisotopic (exact) mass is 357 g/mol. The molecule has 0 N–H and O–H groups in total. The second-order valence-corrected chi connectivity index (χ2v) is 6.28. The first-order valence-corrected chi connectivity index (χ1v) is 8.68. The van der Waals surface area contributed by atoms with Gasteiger partial charge >= 0.3 is 0 Å². The van der Waals surface area contributed by atoms with Crippen LogP contribution in [0.5, 0.6) is 0 Å². The van der Waals surface area contributed by atoms with Gasteiger partial charge in [0.1, 0.15) is 0 Å². The quantitative estimate of drug-likeness (QED) is 0.507. The van der Waals surface area contributed by atoms with E-state index in [-0.39, 0.29) is 0 Å². The Morgan fingerprint density at radius 3 is 2.63 bits per heavy atom. The fraction of sp³-hybridized carbons (Fsp3) is 0.136. The van der Waals surface area contributed by atoms with Crippen molar-refractivity contribution in [2.24, 2.45) is 0 Å². The lowest BCUT2D eigenvalue weighted by Gasteiger charge is -2.12. The number of hydrogen-bond donors (Lipinski definition) is 0. The Morgan fingerprint density at radius 1 is 0.963 bits per heavy atom. The molecule has 0 unspecified atom stereocenters. The van der Waals surface area contributed by atoms with E-state index >= 15 is 0 Å². The Balaban J connectivity index is 1.74. The molecule has 134 valence electrons. The number of hydrogen-bond acceptors (Lipinski definition) is 5. The maximum atomic E-state index is 5.48. The van der Waals surface area contributed by atoms with Gasteiger partial charge < -0.3 is 9.26 Å². The Labute approximate surface area is 157 Å². The summed E-state index contributed by atoms with van der Waals surface area (Å²) in [6, 6.07) is 18.2. The second-order valence-electron chi connectivity index (χ2n) is 6.28. The Hall–Kier alpha value is -3.31. The molecule has 2 aromatic carbocycles. The summed E-state index contributed by atoms with van der Waals surface area (Å²) < 4.78 is 10.9. The Bertz CT molecular complexity index is 1060. The number of nitrogens with zero attached hydrogens (tertiary/aromatic N) is 3. The average Bonchev–Trinajstić information content (AvgIpc) is 3.20. The van der Waals surface area contributed by atoms with E-state index in [2.05, 4.69) is 40.2 Å². The number of ether oxygens (including phenoxy) is 1. The lowest BCUT2D eigenvalue weighted by Crippen LogP contribution is -1.95. The van der Waals surface area contributed by atoms with Crippen LogP contribution in [0.15, 0.2) is 71.5 Å². The number of methoxy groups -OCH3 is 1. The van der Waals surface area contributed by atoms with Gasteiger partial charge in [0, 0.05) is 30.6 Å². The van der Waals surface area contributed by atoms with E-state index in [1.165, 1.54) is 11.1 Å². The van der Waals surface area contributed by atoms with E-state index in [1.807, 2.05) is 36.4 Å². The van der Waals surface area contributed by atoms with Crippen molar-refractivity contribution in [2.75, 3.05) is 7.11 Å². The van der Waals surface area contributed by atoms with Gasteiger partial charge in [-0.2, -0.15) is 4.98 Å². The van der Waals surface area contributed by atoms with Gasteiger partial charge in [-0.05, 0) is 53.4 Å². The molecule has 0 amide bonds. The topological polar surface area (TPSA) is 61.0 Å². The zero-order valence-electron chi connectivity index (χ0n) is 15.2. The molecule has 0 saturated carbocycles. The van der Waals surface area contributed by atoms with Crippen LogP contribution < -0.4 is 0 Å². The van der Waals surface area contributed by atoms with E-state index in [1.54, 1.807) is 19.5 Å². The highest BCUT2D eigenvalue weighted by molar-refractivity contribution is 5.74. The molecule has 0 aliphatic rings. The minimum atomic E-state index is 0.475. The van der Waals surface area contributed by atoms with Crippen molar-refractivity contribution >= 4 is 0 Å². The average molecular weight is 357 g/mol. The molecule has 27 heavy (non-hydrogen) atoms. The summed E-state index contributed by atoms with van der Waals surface area (Å²) in [5, 5.41) is 4.08. The maximum Gasteiger partial charge on any atom is 0.258 e. The molecule has 4 rings (SSSR count). The second kappa shape index (κ2) is 7.51. The molecule has 0 bridgehead atoms. The van der Waals surface area contributed by atoms with E-state index in [4.69, 9.17) is 9.26 Å². The van der Waals surface area contributed by atoms with Gasteiger partial charge in [-0.15, -0.1) is 0 Å². The number of aryl methyl sites for hydroxylation is 1. The first-order valence-electron chi connectivity index (χ1n) is 8.68. The van der Waals surface area contributed by atoms with E-state index in [9.17, 15) is 0 Å². The molecular weight excluding hydrogens is 338 g/mol. The largest absolute Gasteiger partial charge is 0.380 e. The molecule has 0 spiro atoms. The van der Waals surface area contributed by atoms with Gasteiger partial charge in [0.15, 0.2) is 0 Å². The molecule has 0 aliphatic carbocycles. The third-order valence-corrected chi connectivity index (χ3v) is 4.43. The van der Waals surface area contributed by atoms with E-state index in [0.717, 1.165) is 22.3 Å². The van der Waals surface area contributed by atoms with Crippen molar-refractivity contribution in [2.45, 2.75) is 13.5 Å². The van der Waals surface area contributed by atoms with Gasteiger partial charge in [0.05, 0.1) is 6.61 Å². The normalized spacial score (nSPS) is 10.9. The van der Waals surface area contributed by atoms with Crippen LogP contribution in [0, 0.1) is 6.92 Å². The van der Waals surface area contributed by atoms with Gasteiger partial charge in [0.2, 0.25) is 5.82 Å². The predicted octanol–water partition coefficient (Wildman–Crippen LogP) is 4.92. The molecule has 0 saturated heterocycles. The zero-order valence-corrected chi connectivity index (χ0v) is 15.2. The number of benzene rings is 2. The van der Waals surface area contributed by atoms with Gasteiger partial charge in [0.25, 0.3) is 5.89 Å². The van der Waals surface area contributed by atoms with Crippen LogP contribution in [0.1, 0.15) is 11.1 Å². The van der Waals surface area contributed by atoms with Gasteiger partial charge in [-0.3, -0.25) is 4.98 Å². The Morgan fingerprint density at radius 2 is 1.85 bits per heavy atom. The first kappa shape index (κ1) is 17.1. The van der Waals surface area contributed by atoms with Crippen molar-refractivity contribution in [3.8, 4) is 34.0 Å². The van der Waals surface area contributed by atoms with Crippen LogP contribution in [0.4, 0.5) is 0 Å². The zero-order chi connectivity index (χ0) is 18.6. The fourth-order valence-electron chi connectivity index (χ4n) is 3.09. The highest BCUT2D eigenvalue weighted by Crippen LogP contribution is 2.31. The molecular formula is C22H19N3O2. The summed E-state index contributed by atoms with van der Waals surface area (Å²) in [5.74, 6) is 0.997. The third-order valence-electron chi connectivity index (χ3n) is 4.43. The third kappa shape index (κ3) is 3.50. The first-order chi connectivity index (χ1) is 13.3. The molecule has 0 aliphatic heterocycles. The lowest BCUT2D eigenvalue weighted by molar-refractivity contribution is 0.185. The summed E-state index contributed by atoms with van der Waals surface area (Å²) >= 11 is 0. The maximum absolute atomic E-state index is 5.48. The van der Waals surface area contributed by atoms with Crippen LogP contribution in [0.25, 0.3) is 34.0 Å². The summed E-state index contributed by atoms with van der Waals surface area (Å²) in [4.78, 5) is 8.61. The SMILES string of the molecule is COCc1cc(-c2nc(-c3cccnc3)no2)ccc1-c1ccccc1C. The van der Waals surface area contributed by atoms with E-state index in [0.29, 0.717) is 18.3 Å².